The number of ether oxygens (including phenoxy) is 2. The van der Waals surface area contributed by atoms with E-state index in [9.17, 15) is 5.11 Å². The van der Waals surface area contributed by atoms with Gasteiger partial charge in [0.25, 0.3) is 0 Å². The van der Waals surface area contributed by atoms with Gasteiger partial charge in [-0.2, -0.15) is 23.5 Å². The molecule has 2 rings (SSSR count). The number of methoxy groups -OCH3 is 2. The number of benzene rings is 1. The Kier molecular flexibility index (Phi) is 7.03. The summed E-state index contributed by atoms with van der Waals surface area (Å²) >= 11 is 4.02. The average Bonchev–Trinajstić information content (AvgIpc) is 2.55. The molecule has 2 atom stereocenters. The monoisotopic (exact) mass is 329 g/mol. The molecule has 1 heterocycles. The van der Waals surface area contributed by atoms with Crippen LogP contribution in [-0.2, 0) is 0 Å². The minimum absolute atomic E-state index is 0.519. The smallest absolute Gasteiger partial charge is 0.124 e. The predicted octanol–water partition coefficient (Wildman–Crippen LogP) is 2.18. The van der Waals surface area contributed by atoms with E-state index in [0.717, 1.165) is 17.9 Å². The van der Waals surface area contributed by atoms with Gasteiger partial charge in [0, 0.05) is 41.2 Å². The van der Waals surface area contributed by atoms with Crippen molar-refractivity contribution in [3.05, 3.63) is 23.8 Å². The van der Waals surface area contributed by atoms with E-state index >= 15 is 0 Å². The van der Waals surface area contributed by atoms with E-state index < -0.39 is 6.10 Å². The lowest BCUT2D eigenvalue weighted by atomic mass is 10.1. The normalized spacial score (nSPS) is 20.0. The molecule has 1 aromatic rings. The summed E-state index contributed by atoms with van der Waals surface area (Å²) in [4.78, 5) is 0. The number of aliphatic hydroxyl groups is 1. The van der Waals surface area contributed by atoms with Gasteiger partial charge in [-0.05, 0) is 18.2 Å². The summed E-state index contributed by atoms with van der Waals surface area (Å²) in [5.41, 5.74) is 0.759. The molecule has 0 amide bonds. The maximum absolute atomic E-state index is 10.4. The maximum atomic E-state index is 10.4. The highest BCUT2D eigenvalue weighted by Crippen LogP contribution is 2.29. The fraction of sp³-hybridized carbons (Fsp3) is 0.600. The third kappa shape index (κ3) is 4.98. The fourth-order valence-electron chi connectivity index (χ4n) is 2.25. The standard InChI is InChI=1S/C15H23NO3S2/c1-18-11-3-4-15(19-2)13(7-11)14(17)9-16-8-12-10-20-5-6-21-12/h3-4,7,12,14,16-17H,5-6,8-10H2,1-2H3. The number of nitrogens with one attached hydrogen (secondary N) is 1. The van der Waals surface area contributed by atoms with Crippen molar-refractivity contribution in [2.45, 2.75) is 11.4 Å². The zero-order valence-corrected chi connectivity index (χ0v) is 14.1. The molecule has 118 valence electrons. The van der Waals surface area contributed by atoms with Crippen LogP contribution in [-0.4, -0.2) is 54.9 Å². The van der Waals surface area contributed by atoms with E-state index in [0.29, 0.717) is 17.5 Å². The van der Waals surface area contributed by atoms with E-state index in [2.05, 4.69) is 5.32 Å². The van der Waals surface area contributed by atoms with Crippen LogP contribution in [0.2, 0.25) is 0 Å². The summed E-state index contributed by atoms with van der Waals surface area (Å²) in [6.45, 7) is 1.45. The van der Waals surface area contributed by atoms with Crippen LogP contribution >= 0.6 is 23.5 Å². The second kappa shape index (κ2) is 8.78. The van der Waals surface area contributed by atoms with Crippen LogP contribution in [0, 0.1) is 0 Å². The highest BCUT2D eigenvalue weighted by molar-refractivity contribution is 8.06. The van der Waals surface area contributed by atoms with Crippen LogP contribution < -0.4 is 14.8 Å². The zero-order valence-electron chi connectivity index (χ0n) is 12.5. The molecule has 1 fully saturated rings. The molecular weight excluding hydrogens is 306 g/mol. The molecule has 0 saturated carbocycles. The van der Waals surface area contributed by atoms with Crippen LogP contribution in [0.5, 0.6) is 11.5 Å². The topological polar surface area (TPSA) is 50.7 Å². The zero-order chi connectivity index (χ0) is 15.1. The van der Waals surface area contributed by atoms with E-state index in [1.54, 1.807) is 14.2 Å². The van der Waals surface area contributed by atoms with Crippen molar-refractivity contribution in [1.82, 2.24) is 5.32 Å². The molecule has 2 N–H and O–H groups in total. The maximum Gasteiger partial charge on any atom is 0.124 e. The Hall–Kier alpha value is -0.560. The highest BCUT2D eigenvalue weighted by Gasteiger charge is 2.17. The molecule has 21 heavy (non-hydrogen) atoms. The van der Waals surface area contributed by atoms with E-state index in [1.807, 2.05) is 41.7 Å². The van der Waals surface area contributed by atoms with Crippen LogP contribution in [0.15, 0.2) is 18.2 Å². The van der Waals surface area contributed by atoms with E-state index in [1.165, 1.54) is 17.3 Å². The van der Waals surface area contributed by atoms with Crippen LogP contribution in [0.25, 0.3) is 0 Å². The number of hydrogen-bond acceptors (Lipinski definition) is 6. The van der Waals surface area contributed by atoms with Crippen molar-refractivity contribution in [3.63, 3.8) is 0 Å². The Morgan fingerprint density at radius 1 is 1.33 bits per heavy atom. The number of thioether (sulfide) groups is 2. The summed E-state index contributed by atoms with van der Waals surface area (Å²) in [5, 5.41) is 14.4. The lowest BCUT2D eigenvalue weighted by Gasteiger charge is -2.22. The Labute approximate surface area is 135 Å². The summed E-state index contributed by atoms with van der Waals surface area (Å²) in [5.74, 6) is 5.08. The van der Waals surface area contributed by atoms with Crippen molar-refractivity contribution < 1.29 is 14.6 Å². The molecule has 4 nitrogen and oxygen atoms in total. The van der Waals surface area contributed by atoms with Crippen LogP contribution in [0.4, 0.5) is 0 Å². The van der Waals surface area contributed by atoms with Crippen LogP contribution in [0.3, 0.4) is 0 Å². The third-order valence-electron chi connectivity index (χ3n) is 3.39. The third-order valence-corrected chi connectivity index (χ3v) is 6.24. The lowest BCUT2D eigenvalue weighted by Crippen LogP contribution is -2.31. The van der Waals surface area contributed by atoms with Gasteiger partial charge in [-0.15, -0.1) is 0 Å². The van der Waals surface area contributed by atoms with Crippen molar-refractivity contribution in [2.75, 3.05) is 44.6 Å². The van der Waals surface area contributed by atoms with E-state index in [4.69, 9.17) is 9.47 Å². The summed E-state index contributed by atoms with van der Waals surface area (Å²) < 4.78 is 10.5. The van der Waals surface area contributed by atoms with Crippen molar-refractivity contribution in [3.8, 4) is 11.5 Å². The number of aliphatic hydroxyl groups excluding tert-OH is 1. The first-order chi connectivity index (χ1) is 10.2. The molecule has 1 aliphatic rings. The average molecular weight is 329 g/mol. The predicted molar refractivity (Wildman–Crippen MR) is 90.9 cm³/mol. The summed E-state index contributed by atoms with van der Waals surface area (Å²) in [6, 6.07) is 5.49. The van der Waals surface area contributed by atoms with Gasteiger partial charge in [0.05, 0.1) is 20.3 Å². The Balaban J connectivity index is 1.88. The second-order valence-electron chi connectivity index (χ2n) is 4.85. The molecule has 6 heteroatoms. The van der Waals surface area contributed by atoms with Gasteiger partial charge in [0.2, 0.25) is 0 Å². The molecule has 1 aliphatic heterocycles. The van der Waals surface area contributed by atoms with Gasteiger partial charge in [0.15, 0.2) is 0 Å². The molecular formula is C15H23NO3S2. The molecule has 1 aromatic carbocycles. The van der Waals surface area contributed by atoms with Gasteiger partial charge in [-0.3, -0.25) is 0 Å². The van der Waals surface area contributed by atoms with Crippen molar-refractivity contribution in [2.24, 2.45) is 0 Å². The van der Waals surface area contributed by atoms with Gasteiger partial charge in [-0.1, -0.05) is 0 Å². The highest BCUT2D eigenvalue weighted by atomic mass is 32.2. The molecule has 0 spiro atoms. The van der Waals surface area contributed by atoms with Crippen molar-refractivity contribution in [1.29, 1.82) is 0 Å². The minimum Gasteiger partial charge on any atom is -0.497 e. The second-order valence-corrected chi connectivity index (χ2v) is 7.41. The van der Waals surface area contributed by atoms with Gasteiger partial charge in [-0.25, -0.2) is 0 Å². The van der Waals surface area contributed by atoms with Gasteiger partial charge < -0.3 is 19.9 Å². The fourth-order valence-corrected chi connectivity index (χ4v) is 4.89. The first-order valence-electron chi connectivity index (χ1n) is 7.04. The molecule has 0 aliphatic carbocycles. The van der Waals surface area contributed by atoms with E-state index in [-0.39, 0.29) is 0 Å². The van der Waals surface area contributed by atoms with Crippen molar-refractivity contribution >= 4 is 23.5 Å². The quantitative estimate of drug-likeness (QED) is 0.800. The Morgan fingerprint density at radius 3 is 2.86 bits per heavy atom. The molecule has 1 saturated heterocycles. The Bertz CT molecular complexity index is 439. The first-order valence-corrected chi connectivity index (χ1v) is 9.25. The number of rotatable bonds is 7. The molecule has 2 unspecified atom stereocenters. The van der Waals surface area contributed by atoms with Crippen LogP contribution in [0.1, 0.15) is 11.7 Å². The van der Waals surface area contributed by atoms with Gasteiger partial charge in [0.1, 0.15) is 11.5 Å². The lowest BCUT2D eigenvalue weighted by molar-refractivity contribution is 0.170. The molecule has 0 radical (unpaired) electrons. The Morgan fingerprint density at radius 2 is 2.19 bits per heavy atom. The van der Waals surface area contributed by atoms with Gasteiger partial charge >= 0.3 is 0 Å². The first kappa shape index (κ1) is 16.8. The molecule has 0 aromatic heterocycles. The molecule has 0 bridgehead atoms. The number of hydrogen-bond donors (Lipinski definition) is 2. The minimum atomic E-state index is -0.601. The largest absolute Gasteiger partial charge is 0.497 e. The summed E-state index contributed by atoms with van der Waals surface area (Å²) in [6.07, 6.45) is -0.601. The SMILES string of the molecule is COc1ccc(OC)c(C(O)CNCC2CSCCS2)c1. The summed E-state index contributed by atoms with van der Waals surface area (Å²) in [7, 11) is 3.23.